The monoisotopic (exact) mass is 345 g/mol. The van der Waals surface area contributed by atoms with E-state index in [2.05, 4.69) is 4.72 Å². The summed E-state index contributed by atoms with van der Waals surface area (Å²) < 4.78 is 42.8. The standard InChI is InChI=1S/C15H23NO6S/c1-6-9-15(2,14(17)22-5)16-23(18,19)13-10-11(20-3)7-8-12(13)21-4/h7-8,10,16H,6,9H2,1-5H3/t15-/m1/s1. The number of rotatable bonds is 8. The molecule has 0 bridgehead atoms. The van der Waals surface area contributed by atoms with Gasteiger partial charge in [-0.3, -0.25) is 4.79 Å². The molecule has 0 aliphatic heterocycles. The van der Waals surface area contributed by atoms with Crippen molar-refractivity contribution in [2.45, 2.75) is 37.1 Å². The molecule has 1 aromatic carbocycles. The van der Waals surface area contributed by atoms with Crippen molar-refractivity contribution in [3.05, 3.63) is 18.2 Å². The molecule has 1 aromatic rings. The fourth-order valence-electron chi connectivity index (χ4n) is 2.27. The molecule has 0 heterocycles. The van der Waals surface area contributed by atoms with E-state index in [1.54, 1.807) is 6.07 Å². The first-order valence-electron chi connectivity index (χ1n) is 7.08. The number of hydrogen-bond donors (Lipinski definition) is 1. The van der Waals surface area contributed by atoms with Crippen molar-refractivity contribution in [3.63, 3.8) is 0 Å². The van der Waals surface area contributed by atoms with Gasteiger partial charge in [0.25, 0.3) is 0 Å². The van der Waals surface area contributed by atoms with Crippen molar-refractivity contribution in [1.29, 1.82) is 0 Å². The van der Waals surface area contributed by atoms with Crippen LogP contribution in [0.2, 0.25) is 0 Å². The summed E-state index contributed by atoms with van der Waals surface area (Å²) in [5, 5.41) is 0. The van der Waals surface area contributed by atoms with Crippen LogP contribution in [0.15, 0.2) is 23.1 Å². The van der Waals surface area contributed by atoms with Gasteiger partial charge in [-0.05, 0) is 25.5 Å². The average molecular weight is 345 g/mol. The van der Waals surface area contributed by atoms with Crippen LogP contribution in [-0.4, -0.2) is 41.3 Å². The van der Waals surface area contributed by atoms with Gasteiger partial charge < -0.3 is 14.2 Å². The fourth-order valence-corrected chi connectivity index (χ4v) is 3.84. The zero-order valence-corrected chi connectivity index (χ0v) is 14.8. The van der Waals surface area contributed by atoms with E-state index in [1.807, 2.05) is 6.92 Å². The Hall–Kier alpha value is -1.80. The van der Waals surface area contributed by atoms with Gasteiger partial charge in [0.15, 0.2) is 0 Å². The van der Waals surface area contributed by atoms with Gasteiger partial charge in [0.1, 0.15) is 21.9 Å². The second-order valence-electron chi connectivity index (χ2n) is 5.20. The van der Waals surface area contributed by atoms with E-state index < -0.39 is 21.5 Å². The number of esters is 1. The lowest BCUT2D eigenvalue weighted by Crippen LogP contribution is -2.52. The molecule has 1 atom stereocenters. The van der Waals surface area contributed by atoms with E-state index in [4.69, 9.17) is 14.2 Å². The summed E-state index contributed by atoms with van der Waals surface area (Å²) in [6, 6.07) is 4.41. The summed E-state index contributed by atoms with van der Waals surface area (Å²) in [7, 11) is -0.00825. The Bertz CT molecular complexity index is 658. The van der Waals surface area contributed by atoms with Gasteiger partial charge in [0.05, 0.1) is 21.3 Å². The van der Waals surface area contributed by atoms with E-state index in [0.717, 1.165) is 0 Å². The molecular formula is C15H23NO6S. The van der Waals surface area contributed by atoms with Crippen molar-refractivity contribution in [1.82, 2.24) is 4.72 Å². The highest BCUT2D eigenvalue weighted by atomic mass is 32.2. The van der Waals surface area contributed by atoms with E-state index >= 15 is 0 Å². The predicted octanol–water partition coefficient (Wildman–Crippen LogP) is 1.71. The van der Waals surface area contributed by atoms with Crippen molar-refractivity contribution in [2.75, 3.05) is 21.3 Å². The minimum atomic E-state index is -4.03. The third-order valence-corrected chi connectivity index (χ3v) is 5.02. The zero-order valence-electron chi connectivity index (χ0n) is 14.0. The molecule has 23 heavy (non-hydrogen) atoms. The second-order valence-corrected chi connectivity index (χ2v) is 6.85. The Morgan fingerprint density at radius 2 is 1.87 bits per heavy atom. The summed E-state index contributed by atoms with van der Waals surface area (Å²) >= 11 is 0. The van der Waals surface area contributed by atoms with Gasteiger partial charge in [-0.15, -0.1) is 0 Å². The Balaban J connectivity index is 3.32. The Morgan fingerprint density at radius 3 is 2.35 bits per heavy atom. The largest absolute Gasteiger partial charge is 0.497 e. The van der Waals surface area contributed by atoms with Crippen LogP contribution in [0, 0.1) is 0 Å². The Kier molecular flexibility index (Phi) is 6.40. The first kappa shape index (κ1) is 19.2. The normalized spacial score (nSPS) is 14.0. The smallest absolute Gasteiger partial charge is 0.326 e. The molecule has 0 radical (unpaired) electrons. The highest BCUT2D eigenvalue weighted by Crippen LogP contribution is 2.29. The number of methoxy groups -OCH3 is 3. The minimum Gasteiger partial charge on any atom is -0.497 e. The quantitative estimate of drug-likeness (QED) is 0.721. The summed E-state index contributed by atoms with van der Waals surface area (Å²) in [4.78, 5) is 11.9. The third-order valence-electron chi connectivity index (χ3n) is 3.41. The van der Waals surface area contributed by atoms with Crippen LogP contribution in [0.4, 0.5) is 0 Å². The number of benzene rings is 1. The number of hydrogen-bond acceptors (Lipinski definition) is 6. The van der Waals surface area contributed by atoms with E-state index in [-0.39, 0.29) is 10.6 Å². The summed E-state index contributed by atoms with van der Waals surface area (Å²) in [5.41, 5.74) is -1.36. The number of ether oxygens (including phenoxy) is 3. The molecule has 7 nitrogen and oxygen atoms in total. The number of sulfonamides is 1. The van der Waals surface area contributed by atoms with Crippen LogP contribution in [0.3, 0.4) is 0 Å². The highest BCUT2D eigenvalue weighted by molar-refractivity contribution is 7.89. The average Bonchev–Trinajstić information content (AvgIpc) is 2.52. The summed E-state index contributed by atoms with van der Waals surface area (Å²) in [6.45, 7) is 3.34. The molecule has 0 saturated carbocycles. The van der Waals surface area contributed by atoms with Crippen LogP contribution in [-0.2, 0) is 19.6 Å². The van der Waals surface area contributed by atoms with Gasteiger partial charge in [-0.1, -0.05) is 13.3 Å². The number of carbonyl (C=O) groups is 1. The summed E-state index contributed by atoms with van der Waals surface area (Å²) in [6.07, 6.45) is 0.897. The minimum absolute atomic E-state index is 0.106. The van der Waals surface area contributed by atoms with Crippen molar-refractivity contribution < 1.29 is 27.4 Å². The molecular weight excluding hydrogens is 322 g/mol. The van der Waals surface area contributed by atoms with Crippen LogP contribution < -0.4 is 14.2 Å². The van der Waals surface area contributed by atoms with E-state index in [1.165, 1.54) is 40.4 Å². The second kappa shape index (κ2) is 7.65. The maximum atomic E-state index is 12.7. The fraction of sp³-hybridized carbons (Fsp3) is 0.533. The topological polar surface area (TPSA) is 90.9 Å². The van der Waals surface area contributed by atoms with Gasteiger partial charge in [-0.25, -0.2) is 8.42 Å². The molecule has 0 saturated heterocycles. The van der Waals surface area contributed by atoms with Crippen LogP contribution in [0.25, 0.3) is 0 Å². The van der Waals surface area contributed by atoms with Crippen molar-refractivity contribution in [2.24, 2.45) is 0 Å². The molecule has 0 unspecified atom stereocenters. The molecule has 0 spiro atoms. The predicted molar refractivity (Wildman–Crippen MR) is 85.2 cm³/mol. The maximum absolute atomic E-state index is 12.7. The lowest BCUT2D eigenvalue weighted by Gasteiger charge is -2.27. The van der Waals surface area contributed by atoms with Gasteiger partial charge in [0, 0.05) is 6.07 Å². The van der Waals surface area contributed by atoms with Gasteiger partial charge >= 0.3 is 5.97 Å². The summed E-state index contributed by atoms with van der Waals surface area (Å²) in [5.74, 6) is -0.131. The number of nitrogens with one attached hydrogen (secondary N) is 1. The lowest BCUT2D eigenvalue weighted by molar-refractivity contribution is -0.147. The highest BCUT2D eigenvalue weighted by Gasteiger charge is 2.39. The van der Waals surface area contributed by atoms with Gasteiger partial charge in [0.2, 0.25) is 10.0 Å². The molecule has 0 aliphatic rings. The molecule has 1 N–H and O–H groups in total. The molecule has 130 valence electrons. The third kappa shape index (κ3) is 4.35. The van der Waals surface area contributed by atoms with Crippen LogP contribution in [0.5, 0.6) is 11.5 Å². The SMILES string of the molecule is CCC[C@@](C)(NS(=O)(=O)c1cc(OC)ccc1OC)C(=O)OC. The van der Waals surface area contributed by atoms with Crippen molar-refractivity contribution in [3.8, 4) is 11.5 Å². The van der Waals surface area contributed by atoms with Crippen molar-refractivity contribution >= 4 is 16.0 Å². The Labute approximate surface area is 137 Å². The number of carbonyl (C=O) groups excluding carboxylic acids is 1. The first-order chi connectivity index (χ1) is 10.7. The molecule has 0 aromatic heterocycles. The van der Waals surface area contributed by atoms with Crippen LogP contribution >= 0.6 is 0 Å². The molecule has 0 fully saturated rings. The molecule has 0 aliphatic carbocycles. The maximum Gasteiger partial charge on any atom is 0.326 e. The zero-order chi connectivity index (χ0) is 17.7. The first-order valence-corrected chi connectivity index (χ1v) is 8.56. The molecule has 1 rings (SSSR count). The van der Waals surface area contributed by atoms with E-state index in [0.29, 0.717) is 18.6 Å². The Morgan fingerprint density at radius 1 is 1.22 bits per heavy atom. The lowest BCUT2D eigenvalue weighted by atomic mass is 9.98. The van der Waals surface area contributed by atoms with Crippen LogP contribution in [0.1, 0.15) is 26.7 Å². The molecule has 8 heteroatoms. The van der Waals surface area contributed by atoms with E-state index in [9.17, 15) is 13.2 Å². The van der Waals surface area contributed by atoms with Gasteiger partial charge in [-0.2, -0.15) is 4.72 Å². The molecule has 0 amide bonds.